The Morgan fingerprint density at radius 3 is 1.98 bits per heavy atom. The first kappa shape index (κ1) is 32.3. The minimum absolute atomic E-state index is 0.0566. The lowest BCUT2D eigenvalue weighted by molar-refractivity contribution is 0.659. The van der Waals surface area contributed by atoms with Crippen LogP contribution in [0.15, 0.2) is 188 Å². The van der Waals surface area contributed by atoms with Gasteiger partial charge in [0.05, 0.1) is 11.0 Å². The van der Waals surface area contributed by atoms with Gasteiger partial charge in [-0.2, -0.15) is 0 Å². The van der Waals surface area contributed by atoms with Crippen LogP contribution in [-0.4, -0.2) is 4.57 Å². The molecule has 0 amide bonds. The first-order valence-electron chi connectivity index (χ1n) is 19.2. The summed E-state index contributed by atoms with van der Waals surface area (Å²) in [6, 6.07) is 60.4. The van der Waals surface area contributed by atoms with Gasteiger partial charge in [0.1, 0.15) is 0 Å². The number of aromatic nitrogens is 1. The molecule has 1 atom stereocenters. The number of rotatable bonds is 6. The van der Waals surface area contributed by atoms with Gasteiger partial charge in [-0.1, -0.05) is 142 Å². The van der Waals surface area contributed by atoms with Gasteiger partial charge in [-0.3, -0.25) is 0 Å². The van der Waals surface area contributed by atoms with Crippen LogP contribution in [0.1, 0.15) is 38.3 Å². The van der Waals surface area contributed by atoms with Gasteiger partial charge in [-0.05, 0) is 118 Å². The van der Waals surface area contributed by atoms with Crippen molar-refractivity contribution in [1.82, 2.24) is 4.57 Å². The highest BCUT2D eigenvalue weighted by Crippen LogP contribution is 2.50. The molecule has 0 bridgehead atoms. The minimum Gasteiger partial charge on any atom is -0.314 e. The molecule has 1 unspecified atom stereocenters. The molecule has 10 rings (SSSR count). The molecule has 0 radical (unpaired) electrons. The second-order valence-corrected chi connectivity index (χ2v) is 15.5. The fourth-order valence-corrected chi connectivity index (χ4v) is 8.97. The fourth-order valence-electron chi connectivity index (χ4n) is 8.97. The molecule has 0 spiro atoms. The maximum atomic E-state index is 2.48. The van der Waals surface area contributed by atoms with Gasteiger partial charge in [0.2, 0.25) is 0 Å². The Bertz CT molecular complexity index is 2760. The van der Waals surface area contributed by atoms with E-state index in [4.69, 9.17) is 0 Å². The van der Waals surface area contributed by atoms with E-state index in [9.17, 15) is 0 Å². The van der Waals surface area contributed by atoms with Crippen molar-refractivity contribution < 1.29 is 0 Å². The lowest BCUT2D eigenvalue weighted by Gasteiger charge is -2.32. The number of fused-ring (bicyclic) bond motifs is 6. The Kier molecular flexibility index (Phi) is 7.56. The number of nitrogens with zero attached hydrogens (tertiary/aromatic N) is 2. The summed E-state index contributed by atoms with van der Waals surface area (Å²) in [5.74, 6) is 0.484. The van der Waals surface area contributed by atoms with Gasteiger partial charge >= 0.3 is 0 Å². The van der Waals surface area contributed by atoms with Crippen LogP contribution in [0.2, 0.25) is 0 Å². The van der Waals surface area contributed by atoms with Crippen LogP contribution in [0.5, 0.6) is 0 Å². The highest BCUT2D eigenvalue weighted by Gasteiger charge is 2.36. The highest BCUT2D eigenvalue weighted by molar-refractivity contribution is 6.10. The largest absolute Gasteiger partial charge is 0.314 e. The van der Waals surface area contributed by atoms with Gasteiger partial charge in [0.15, 0.2) is 0 Å². The molecule has 1 heterocycles. The van der Waals surface area contributed by atoms with Crippen LogP contribution in [-0.2, 0) is 5.41 Å². The zero-order chi connectivity index (χ0) is 36.4. The smallest absolute Gasteiger partial charge is 0.0541 e. The standard InChI is InChI=1S/C52H42N2/c1-35-12-11-15-42(32-35)53(43-29-30-45-44-16-7-9-18-48(44)52(2,3)49(45)34-43)40-25-22-38(23-26-40)39-24-31-51-47(33-39)46-17-8-10-19-50(46)54(51)41-27-20-37(21-28-41)36-13-5-4-6-14-36/h4-31,33-35H,32H2,1-3H3. The average molecular weight is 695 g/mol. The van der Waals surface area contributed by atoms with Crippen LogP contribution in [0.4, 0.5) is 11.4 Å². The Hall–Kier alpha value is -6.38. The molecule has 2 aliphatic rings. The summed E-state index contributed by atoms with van der Waals surface area (Å²) in [6.45, 7) is 7.03. The van der Waals surface area contributed by atoms with Crippen molar-refractivity contribution in [2.45, 2.75) is 32.6 Å². The summed E-state index contributed by atoms with van der Waals surface area (Å²) in [5.41, 5.74) is 17.6. The predicted octanol–water partition coefficient (Wildman–Crippen LogP) is 14.0. The molecule has 54 heavy (non-hydrogen) atoms. The number of allylic oxidation sites excluding steroid dienone is 4. The summed E-state index contributed by atoms with van der Waals surface area (Å²) in [4.78, 5) is 2.48. The molecule has 2 nitrogen and oxygen atoms in total. The lowest BCUT2D eigenvalue weighted by atomic mass is 9.82. The van der Waals surface area contributed by atoms with E-state index in [0.717, 1.165) is 12.1 Å². The number of benzene rings is 7. The van der Waals surface area contributed by atoms with Crippen LogP contribution in [0.3, 0.4) is 0 Å². The maximum absolute atomic E-state index is 2.48. The van der Waals surface area contributed by atoms with Gasteiger partial charge < -0.3 is 9.47 Å². The van der Waals surface area contributed by atoms with E-state index in [-0.39, 0.29) is 5.41 Å². The molecule has 2 aliphatic carbocycles. The van der Waals surface area contributed by atoms with Crippen molar-refractivity contribution in [2.75, 3.05) is 4.90 Å². The van der Waals surface area contributed by atoms with E-state index in [1.807, 2.05) is 0 Å². The summed E-state index contributed by atoms with van der Waals surface area (Å²) in [5, 5.41) is 2.52. The van der Waals surface area contributed by atoms with Crippen molar-refractivity contribution in [2.24, 2.45) is 5.92 Å². The second kappa shape index (κ2) is 12.6. The van der Waals surface area contributed by atoms with Crippen LogP contribution >= 0.6 is 0 Å². The third-order valence-corrected chi connectivity index (χ3v) is 11.7. The van der Waals surface area contributed by atoms with Crippen LogP contribution < -0.4 is 4.90 Å². The molecule has 0 N–H and O–H groups in total. The maximum Gasteiger partial charge on any atom is 0.0541 e. The van der Waals surface area contributed by atoms with E-state index in [0.29, 0.717) is 5.92 Å². The zero-order valence-corrected chi connectivity index (χ0v) is 31.0. The molecular formula is C52H42N2. The topological polar surface area (TPSA) is 8.17 Å². The predicted molar refractivity (Wildman–Crippen MR) is 229 cm³/mol. The second-order valence-electron chi connectivity index (χ2n) is 15.5. The quantitative estimate of drug-likeness (QED) is 0.168. The van der Waals surface area contributed by atoms with E-state index < -0.39 is 0 Å². The molecule has 0 saturated heterocycles. The van der Waals surface area contributed by atoms with E-state index in [2.05, 4.69) is 212 Å². The fraction of sp³-hybridized carbons (Fsp3) is 0.115. The molecule has 8 aromatic rings. The first-order chi connectivity index (χ1) is 26.4. The molecule has 0 aliphatic heterocycles. The third-order valence-electron chi connectivity index (χ3n) is 11.7. The van der Waals surface area contributed by atoms with E-state index in [1.165, 1.54) is 83.4 Å². The number of anilines is 2. The molecule has 2 heteroatoms. The average Bonchev–Trinajstić information content (AvgIpc) is 3.66. The number of hydrogen-bond acceptors (Lipinski definition) is 1. The first-order valence-corrected chi connectivity index (χ1v) is 19.2. The van der Waals surface area contributed by atoms with Gasteiger partial charge in [-0.25, -0.2) is 0 Å². The lowest BCUT2D eigenvalue weighted by Crippen LogP contribution is -2.20. The Labute approximate surface area is 318 Å². The van der Waals surface area contributed by atoms with Crippen LogP contribution in [0, 0.1) is 5.92 Å². The summed E-state index contributed by atoms with van der Waals surface area (Å²) < 4.78 is 2.40. The highest BCUT2D eigenvalue weighted by atomic mass is 15.1. The van der Waals surface area contributed by atoms with Gasteiger partial charge in [-0.15, -0.1) is 0 Å². The summed E-state index contributed by atoms with van der Waals surface area (Å²) in [6.07, 6.45) is 7.82. The van der Waals surface area contributed by atoms with Crippen molar-refractivity contribution in [3.05, 3.63) is 199 Å². The van der Waals surface area contributed by atoms with Gasteiger partial charge in [0.25, 0.3) is 0 Å². The zero-order valence-electron chi connectivity index (χ0n) is 31.0. The molecule has 1 aromatic heterocycles. The van der Waals surface area contributed by atoms with Gasteiger partial charge in [0, 0.05) is 38.9 Å². The Morgan fingerprint density at radius 2 is 1.17 bits per heavy atom. The molecule has 0 fully saturated rings. The number of para-hydroxylation sites is 1. The van der Waals surface area contributed by atoms with Crippen LogP contribution in [0.25, 0.3) is 60.9 Å². The number of hydrogen-bond donors (Lipinski definition) is 0. The monoisotopic (exact) mass is 694 g/mol. The molecule has 0 saturated carbocycles. The molecule has 7 aromatic carbocycles. The third kappa shape index (κ3) is 5.24. The SMILES string of the molecule is CC1C=CC=C(N(c2ccc(-c3ccc4c(c3)c3ccccc3n4-c3ccc(-c4ccccc4)cc3)cc2)c2ccc3c(c2)C(C)(C)c2ccccc2-3)C1. The molecule has 260 valence electrons. The van der Waals surface area contributed by atoms with Crippen molar-refractivity contribution in [1.29, 1.82) is 0 Å². The normalized spacial score (nSPS) is 15.6. The van der Waals surface area contributed by atoms with Crippen molar-refractivity contribution in [3.8, 4) is 39.1 Å². The summed E-state index contributed by atoms with van der Waals surface area (Å²) in [7, 11) is 0. The van der Waals surface area contributed by atoms with Crippen molar-refractivity contribution >= 4 is 33.2 Å². The van der Waals surface area contributed by atoms with E-state index in [1.54, 1.807) is 0 Å². The Morgan fingerprint density at radius 1 is 0.537 bits per heavy atom. The van der Waals surface area contributed by atoms with Crippen molar-refractivity contribution in [3.63, 3.8) is 0 Å². The Balaban J connectivity index is 1.03. The summed E-state index contributed by atoms with van der Waals surface area (Å²) >= 11 is 0. The minimum atomic E-state index is -0.0566. The molecular weight excluding hydrogens is 653 g/mol. The van der Waals surface area contributed by atoms with E-state index >= 15 is 0 Å².